The van der Waals surface area contributed by atoms with Crippen molar-refractivity contribution in [3.05, 3.63) is 0 Å². The van der Waals surface area contributed by atoms with Crippen molar-refractivity contribution >= 4 is 0 Å². The van der Waals surface area contributed by atoms with E-state index >= 15 is 0 Å². The lowest BCUT2D eigenvalue weighted by molar-refractivity contribution is -0.147. The summed E-state index contributed by atoms with van der Waals surface area (Å²) >= 11 is 0. The Kier molecular flexibility index (Phi) is 7.72. The summed E-state index contributed by atoms with van der Waals surface area (Å²) in [5.41, 5.74) is 0. The number of hydrogen-bond donors (Lipinski definition) is 2. The van der Waals surface area contributed by atoms with Crippen molar-refractivity contribution in [3.8, 4) is 0 Å². The highest BCUT2D eigenvalue weighted by Gasteiger charge is 2.26. The molecule has 0 fully saturated rings. The molecule has 2 N–H and O–H groups in total. The lowest BCUT2D eigenvalue weighted by Crippen LogP contribution is -2.31. The van der Waals surface area contributed by atoms with E-state index in [1.807, 2.05) is 6.92 Å². The van der Waals surface area contributed by atoms with E-state index in [4.69, 9.17) is 4.74 Å². The van der Waals surface area contributed by atoms with Crippen molar-refractivity contribution in [1.29, 1.82) is 0 Å². The third kappa shape index (κ3) is 11.6. The van der Waals surface area contributed by atoms with Gasteiger partial charge in [-0.1, -0.05) is 6.92 Å². The van der Waals surface area contributed by atoms with Gasteiger partial charge in [0.25, 0.3) is 0 Å². The number of ether oxygens (including phenoxy) is 1. The Labute approximate surface area is 87.6 Å². The first kappa shape index (κ1) is 14.7. The number of halogens is 3. The van der Waals surface area contributed by atoms with Crippen molar-refractivity contribution in [2.45, 2.75) is 32.0 Å². The van der Waals surface area contributed by atoms with E-state index in [-0.39, 0.29) is 6.61 Å². The van der Waals surface area contributed by atoms with Crippen LogP contribution in [0.25, 0.3) is 0 Å². The molecule has 0 amide bonds. The number of alkyl halides is 3. The summed E-state index contributed by atoms with van der Waals surface area (Å²) in [5, 5.41) is 12.2. The number of hydrogen-bond acceptors (Lipinski definition) is 3. The van der Waals surface area contributed by atoms with Crippen LogP contribution in [-0.4, -0.2) is 43.7 Å². The third-order valence-electron chi connectivity index (χ3n) is 1.65. The minimum absolute atomic E-state index is 0.0627. The molecule has 0 bridgehead atoms. The van der Waals surface area contributed by atoms with Crippen LogP contribution in [0.2, 0.25) is 0 Å². The second-order valence-electron chi connectivity index (χ2n) is 3.30. The molecular weight excluding hydrogens is 211 g/mol. The van der Waals surface area contributed by atoms with Crippen molar-refractivity contribution in [2.75, 3.05) is 26.3 Å². The molecule has 0 aliphatic carbocycles. The third-order valence-corrected chi connectivity index (χ3v) is 1.65. The zero-order valence-corrected chi connectivity index (χ0v) is 8.81. The van der Waals surface area contributed by atoms with Gasteiger partial charge in [0.05, 0.1) is 25.7 Å². The van der Waals surface area contributed by atoms with E-state index in [0.717, 1.165) is 13.0 Å². The fourth-order valence-corrected chi connectivity index (χ4v) is 0.912. The van der Waals surface area contributed by atoms with Crippen molar-refractivity contribution in [1.82, 2.24) is 5.32 Å². The van der Waals surface area contributed by atoms with Gasteiger partial charge in [-0.05, 0) is 13.0 Å². The monoisotopic (exact) mass is 229 g/mol. The molecule has 0 spiro atoms. The Morgan fingerprint density at radius 1 is 1.40 bits per heavy atom. The van der Waals surface area contributed by atoms with Crippen LogP contribution in [-0.2, 0) is 4.74 Å². The quantitative estimate of drug-likeness (QED) is 0.617. The molecule has 0 saturated heterocycles. The summed E-state index contributed by atoms with van der Waals surface area (Å²) in [7, 11) is 0. The molecule has 0 aromatic carbocycles. The summed E-state index contributed by atoms with van der Waals surface area (Å²) < 4.78 is 39.7. The molecule has 0 aromatic heterocycles. The van der Waals surface area contributed by atoms with E-state index in [1.54, 1.807) is 0 Å². The molecule has 0 saturated carbocycles. The van der Waals surface area contributed by atoms with E-state index in [2.05, 4.69) is 5.32 Å². The van der Waals surface area contributed by atoms with E-state index < -0.39 is 25.3 Å². The van der Waals surface area contributed by atoms with Gasteiger partial charge in [-0.3, -0.25) is 0 Å². The standard InChI is InChI=1S/C9H18F3NO2/c1-2-4-13-6-8(14)7-15-5-3-9(10,11)12/h8,13-14H,2-7H2,1H3. The van der Waals surface area contributed by atoms with Gasteiger partial charge in [0.2, 0.25) is 0 Å². The zero-order chi connectivity index (χ0) is 11.7. The molecule has 0 radical (unpaired) electrons. The molecule has 1 atom stereocenters. The summed E-state index contributed by atoms with van der Waals surface area (Å²) in [5.74, 6) is 0. The van der Waals surface area contributed by atoms with Crippen LogP contribution in [0.5, 0.6) is 0 Å². The number of aliphatic hydroxyl groups is 1. The average molecular weight is 229 g/mol. The van der Waals surface area contributed by atoms with Crippen LogP contribution >= 0.6 is 0 Å². The summed E-state index contributed by atoms with van der Waals surface area (Å²) in [4.78, 5) is 0. The van der Waals surface area contributed by atoms with Crippen molar-refractivity contribution in [3.63, 3.8) is 0 Å². The fraction of sp³-hybridized carbons (Fsp3) is 1.00. The molecule has 6 heteroatoms. The first-order chi connectivity index (χ1) is 6.95. The molecule has 0 rings (SSSR count). The van der Waals surface area contributed by atoms with Gasteiger partial charge in [0.1, 0.15) is 0 Å². The maximum Gasteiger partial charge on any atom is 0.391 e. The molecule has 0 aliphatic rings. The Balaban J connectivity index is 3.27. The average Bonchev–Trinajstić information content (AvgIpc) is 2.11. The van der Waals surface area contributed by atoms with Crippen LogP contribution < -0.4 is 5.32 Å². The molecular formula is C9H18F3NO2. The highest BCUT2D eigenvalue weighted by atomic mass is 19.4. The molecule has 3 nitrogen and oxygen atoms in total. The second kappa shape index (κ2) is 7.90. The van der Waals surface area contributed by atoms with Gasteiger partial charge in [0.15, 0.2) is 0 Å². The number of aliphatic hydroxyl groups excluding tert-OH is 1. The predicted octanol–water partition coefficient (Wildman–Crippen LogP) is 1.32. The Morgan fingerprint density at radius 2 is 2.07 bits per heavy atom. The first-order valence-electron chi connectivity index (χ1n) is 4.99. The normalized spacial score (nSPS) is 14.2. The van der Waals surface area contributed by atoms with Crippen LogP contribution in [0.3, 0.4) is 0 Å². The van der Waals surface area contributed by atoms with Gasteiger partial charge in [-0.25, -0.2) is 0 Å². The van der Waals surface area contributed by atoms with E-state index in [0.29, 0.717) is 6.54 Å². The zero-order valence-electron chi connectivity index (χ0n) is 8.81. The van der Waals surface area contributed by atoms with Crippen LogP contribution in [0.4, 0.5) is 13.2 Å². The minimum atomic E-state index is -4.19. The Morgan fingerprint density at radius 3 is 2.60 bits per heavy atom. The summed E-state index contributed by atoms with van der Waals surface area (Å²) in [6, 6.07) is 0. The molecule has 0 heterocycles. The van der Waals surface area contributed by atoms with E-state index in [9.17, 15) is 18.3 Å². The molecule has 0 aliphatic heterocycles. The van der Waals surface area contributed by atoms with Gasteiger partial charge < -0.3 is 15.2 Å². The van der Waals surface area contributed by atoms with Crippen molar-refractivity contribution in [2.24, 2.45) is 0 Å². The number of rotatable bonds is 8. The van der Waals surface area contributed by atoms with E-state index in [1.165, 1.54) is 0 Å². The van der Waals surface area contributed by atoms with Gasteiger partial charge in [-0.2, -0.15) is 13.2 Å². The Bertz CT molecular complexity index is 153. The molecule has 0 aromatic rings. The van der Waals surface area contributed by atoms with Crippen LogP contribution in [0, 0.1) is 0 Å². The fourth-order valence-electron chi connectivity index (χ4n) is 0.912. The Hall–Kier alpha value is -0.330. The van der Waals surface area contributed by atoms with Crippen molar-refractivity contribution < 1.29 is 23.0 Å². The predicted molar refractivity (Wildman–Crippen MR) is 50.7 cm³/mol. The highest BCUT2D eigenvalue weighted by Crippen LogP contribution is 2.18. The highest BCUT2D eigenvalue weighted by molar-refractivity contribution is 4.58. The van der Waals surface area contributed by atoms with Crippen LogP contribution in [0.1, 0.15) is 19.8 Å². The second-order valence-corrected chi connectivity index (χ2v) is 3.30. The van der Waals surface area contributed by atoms with Gasteiger partial charge in [0, 0.05) is 6.54 Å². The summed E-state index contributed by atoms with van der Waals surface area (Å²) in [6.45, 7) is 2.65. The maximum atomic E-state index is 11.7. The SMILES string of the molecule is CCCNCC(O)COCCC(F)(F)F. The lowest BCUT2D eigenvalue weighted by Gasteiger charge is -2.12. The minimum Gasteiger partial charge on any atom is -0.389 e. The molecule has 92 valence electrons. The van der Waals surface area contributed by atoms with Crippen LogP contribution in [0.15, 0.2) is 0 Å². The maximum absolute atomic E-state index is 11.7. The molecule has 1 unspecified atom stereocenters. The molecule has 15 heavy (non-hydrogen) atoms. The lowest BCUT2D eigenvalue weighted by atomic mass is 10.3. The summed E-state index contributed by atoms with van der Waals surface area (Å²) in [6.07, 6.45) is -4.96. The van der Waals surface area contributed by atoms with Gasteiger partial charge in [-0.15, -0.1) is 0 Å². The number of nitrogens with one attached hydrogen (secondary N) is 1. The topological polar surface area (TPSA) is 41.5 Å². The largest absolute Gasteiger partial charge is 0.391 e. The first-order valence-corrected chi connectivity index (χ1v) is 4.99. The van der Waals surface area contributed by atoms with Gasteiger partial charge >= 0.3 is 6.18 Å². The smallest absolute Gasteiger partial charge is 0.389 e.